The predicted octanol–water partition coefficient (Wildman–Crippen LogP) is 2.03. The first kappa shape index (κ1) is 17.2. The second kappa shape index (κ2) is 9.12. The van der Waals surface area contributed by atoms with Gasteiger partial charge in [-0.05, 0) is 25.3 Å². The van der Waals surface area contributed by atoms with Gasteiger partial charge in [0.15, 0.2) is 0 Å². The van der Waals surface area contributed by atoms with Crippen molar-refractivity contribution < 1.29 is 14.3 Å². The van der Waals surface area contributed by atoms with Gasteiger partial charge >= 0.3 is 6.03 Å². The monoisotopic (exact) mass is 311 g/mol. The Kier molecular flexibility index (Phi) is 7.45. The van der Waals surface area contributed by atoms with Crippen molar-refractivity contribution in [3.8, 4) is 5.75 Å². The van der Waals surface area contributed by atoms with E-state index in [1.807, 2.05) is 25.3 Å². The van der Waals surface area contributed by atoms with Gasteiger partial charge in [0.05, 0.1) is 17.6 Å². The molecule has 1 rings (SSSR count). The molecule has 7 heteroatoms. The van der Waals surface area contributed by atoms with Crippen molar-refractivity contribution in [1.82, 2.24) is 10.6 Å². The fourth-order valence-electron chi connectivity index (χ4n) is 1.49. The van der Waals surface area contributed by atoms with Crippen LogP contribution in [0, 0.1) is 0 Å². The number of thioether (sulfide) groups is 1. The number of carbonyl (C=O) groups is 2. The SMILES string of the molecule is CSC(C)NC(=O)Nc1ccccc1OCCNC(C)=O. The molecule has 0 saturated heterocycles. The molecule has 1 aromatic carbocycles. The normalized spacial score (nSPS) is 11.4. The third-order valence-corrected chi connectivity index (χ3v) is 3.38. The molecular weight excluding hydrogens is 290 g/mol. The van der Waals surface area contributed by atoms with Gasteiger partial charge in [-0.25, -0.2) is 4.79 Å². The highest BCUT2D eigenvalue weighted by Gasteiger charge is 2.09. The number of urea groups is 1. The maximum atomic E-state index is 11.8. The Hall–Kier alpha value is -1.89. The van der Waals surface area contributed by atoms with E-state index in [0.29, 0.717) is 24.6 Å². The molecule has 0 aliphatic heterocycles. The quantitative estimate of drug-likeness (QED) is 0.532. The van der Waals surface area contributed by atoms with E-state index in [4.69, 9.17) is 4.74 Å². The number of para-hydroxylation sites is 2. The predicted molar refractivity (Wildman–Crippen MR) is 85.8 cm³/mol. The number of hydrogen-bond acceptors (Lipinski definition) is 4. The van der Waals surface area contributed by atoms with E-state index in [1.165, 1.54) is 6.92 Å². The van der Waals surface area contributed by atoms with Gasteiger partial charge in [-0.15, -0.1) is 11.8 Å². The Labute approximate surface area is 129 Å². The number of carbonyl (C=O) groups excluding carboxylic acids is 2. The van der Waals surface area contributed by atoms with Crippen LogP contribution in [0.2, 0.25) is 0 Å². The van der Waals surface area contributed by atoms with E-state index < -0.39 is 0 Å². The van der Waals surface area contributed by atoms with Crippen LogP contribution in [0.25, 0.3) is 0 Å². The van der Waals surface area contributed by atoms with E-state index in [2.05, 4.69) is 16.0 Å². The highest BCUT2D eigenvalue weighted by Crippen LogP contribution is 2.23. The molecule has 6 nitrogen and oxygen atoms in total. The smallest absolute Gasteiger partial charge is 0.320 e. The van der Waals surface area contributed by atoms with Gasteiger partial charge in [0, 0.05) is 6.92 Å². The Morgan fingerprint density at radius 1 is 1.33 bits per heavy atom. The van der Waals surface area contributed by atoms with Crippen LogP contribution >= 0.6 is 11.8 Å². The van der Waals surface area contributed by atoms with Crippen LogP contribution in [-0.4, -0.2) is 36.7 Å². The van der Waals surface area contributed by atoms with Crippen LogP contribution in [0.1, 0.15) is 13.8 Å². The maximum absolute atomic E-state index is 11.8. The summed E-state index contributed by atoms with van der Waals surface area (Å²) in [7, 11) is 0. The van der Waals surface area contributed by atoms with Crippen molar-refractivity contribution in [3.05, 3.63) is 24.3 Å². The van der Waals surface area contributed by atoms with Gasteiger partial charge in [-0.2, -0.15) is 0 Å². The van der Waals surface area contributed by atoms with Crippen molar-refractivity contribution in [1.29, 1.82) is 0 Å². The minimum atomic E-state index is -0.283. The van der Waals surface area contributed by atoms with E-state index in [-0.39, 0.29) is 17.3 Å². The zero-order valence-corrected chi connectivity index (χ0v) is 13.3. The number of rotatable bonds is 7. The van der Waals surface area contributed by atoms with Crippen LogP contribution in [0.5, 0.6) is 5.75 Å². The zero-order valence-electron chi connectivity index (χ0n) is 12.4. The molecule has 1 unspecified atom stereocenters. The molecule has 0 radical (unpaired) electrons. The third kappa shape index (κ3) is 6.89. The standard InChI is InChI=1S/C14H21N3O3S/c1-10(18)15-8-9-20-13-7-5-4-6-12(13)17-14(19)16-11(2)21-3/h4-7,11H,8-9H2,1-3H3,(H,15,18)(H2,16,17,19). The van der Waals surface area contributed by atoms with E-state index in [9.17, 15) is 9.59 Å². The highest BCUT2D eigenvalue weighted by molar-refractivity contribution is 7.99. The summed E-state index contributed by atoms with van der Waals surface area (Å²) in [4.78, 5) is 22.6. The summed E-state index contributed by atoms with van der Waals surface area (Å²) in [6.07, 6.45) is 1.92. The van der Waals surface area contributed by atoms with E-state index in [1.54, 1.807) is 23.9 Å². The first-order valence-corrected chi connectivity index (χ1v) is 7.88. The lowest BCUT2D eigenvalue weighted by molar-refractivity contribution is -0.119. The fraction of sp³-hybridized carbons (Fsp3) is 0.429. The van der Waals surface area contributed by atoms with Crippen molar-refractivity contribution in [2.24, 2.45) is 0 Å². The molecule has 3 amide bonds. The zero-order chi connectivity index (χ0) is 15.7. The minimum Gasteiger partial charge on any atom is -0.490 e. The summed E-state index contributed by atoms with van der Waals surface area (Å²) in [6.45, 7) is 4.10. The number of nitrogens with one attached hydrogen (secondary N) is 3. The first-order chi connectivity index (χ1) is 10.0. The minimum absolute atomic E-state index is 0.0258. The molecule has 0 spiro atoms. The number of ether oxygens (including phenoxy) is 1. The second-order valence-corrected chi connectivity index (χ2v) is 5.48. The van der Waals surface area contributed by atoms with Crippen molar-refractivity contribution >= 4 is 29.4 Å². The van der Waals surface area contributed by atoms with Crippen LogP contribution in [-0.2, 0) is 4.79 Å². The largest absolute Gasteiger partial charge is 0.490 e. The highest BCUT2D eigenvalue weighted by atomic mass is 32.2. The van der Waals surface area contributed by atoms with Crippen molar-refractivity contribution in [3.63, 3.8) is 0 Å². The molecule has 0 saturated carbocycles. The molecule has 21 heavy (non-hydrogen) atoms. The maximum Gasteiger partial charge on any atom is 0.320 e. The van der Waals surface area contributed by atoms with Gasteiger partial charge in [-0.1, -0.05) is 12.1 Å². The fourth-order valence-corrected chi connectivity index (χ4v) is 1.71. The summed E-state index contributed by atoms with van der Waals surface area (Å²) in [6, 6.07) is 6.88. The lowest BCUT2D eigenvalue weighted by Crippen LogP contribution is -2.34. The van der Waals surface area contributed by atoms with E-state index in [0.717, 1.165) is 0 Å². The molecular formula is C14H21N3O3S. The topological polar surface area (TPSA) is 79.5 Å². The Balaban J connectivity index is 2.54. The molecule has 0 fully saturated rings. The van der Waals surface area contributed by atoms with Crippen molar-refractivity contribution in [2.75, 3.05) is 24.7 Å². The van der Waals surface area contributed by atoms with Crippen LogP contribution in [0.15, 0.2) is 24.3 Å². The molecule has 116 valence electrons. The van der Waals surface area contributed by atoms with Crippen LogP contribution in [0.3, 0.4) is 0 Å². The first-order valence-electron chi connectivity index (χ1n) is 6.59. The van der Waals surface area contributed by atoms with Gasteiger partial charge in [0.1, 0.15) is 12.4 Å². The van der Waals surface area contributed by atoms with Gasteiger partial charge in [0.25, 0.3) is 0 Å². The third-order valence-electron chi connectivity index (χ3n) is 2.56. The number of hydrogen-bond donors (Lipinski definition) is 3. The number of benzene rings is 1. The Bertz CT molecular complexity index is 482. The average molecular weight is 311 g/mol. The lowest BCUT2D eigenvalue weighted by atomic mass is 10.3. The lowest BCUT2D eigenvalue weighted by Gasteiger charge is -2.15. The molecule has 0 aliphatic rings. The molecule has 1 atom stereocenters. The summed E-state index contributed by atoms with van der Waals surface area (Å²) in [5, 5.41) is 8.21. The van der Waals surface area contributed by atoms with E-state index >= 15 is 0 Å². The Morgan fingerprint density at radius 2 is 2.05 bits per heavy atom. The molecule has 3 N–H and O–H groups in total. The average Bonchev–Trinajstić information content (AvgIpc) is 2.44. The summed E-state index contributed by atoms with van der Waals surface area (Å²) in [5.74, 6) is 0.463. The van der Waals surface area contributed by atoms with Crippen LogP contribution in [0.4, 0.5) is 10.5 Å². The summed E-state index contributed by atoms with van der Waals surface area (Å²) < 4.78 is 5.56. The Morgan fingerprint density at radius 3 is 2.71 bits per heavy atom. The van der Waals surface area contributed by atoms with Crippen molar-refractivity contribution in [2.45, 2.75) is 19.2 Å². The number of anilines is 1. The summed E-state index contributed by atoms with van der Waals surface area (Å²) in [5.41, 5.74) is 0.589. The molecule has 0 aliphatic carbocycles. The van der Waals surface area contributed by atoms with Crippen LogP contribution < -0.4 is 20.7 Å². The molecule has 0 aromatic heterocycles. The van der Waals surface area contributed by atoms with Gasteiger partial charge < -0.3 is 20.7 Å². The molecule has 0 bridgehead atoms. The second-order valence-electron chi connectivity index (χ2n) is 4.30. The molecule has 0 heterocycles. The van der Waals surface area contributed by atoms with Gasteiger partial charge in [0.2, 0.25) is 5.91 Å². The summed E-state index contributed by atoms with van der Waals surface area (Å²) >= 11 is 1.54. The molecule has 1 aromatic rings. The van der Waals surface area contributed by atoms with Gasteiger partial charge in [-0.3, -0.25) is 4.79 Å². The number of amides is 3.